The first-order valence-electron chi connectivity index (χ1n) is 8.07. The first kappa shape index (κ1) is 16.1. The molecule has 0 N–H and O–H groups in total. The minimum Gasteiger partial charge on any atom is -0.236 e. The van der Waals surface area contributed by atoms with Crippen LogP contribution in [0.2, 0.25) is 5.02 Å². The van der Waals surface area contributed by atoms with E-state index in [0.717, 1.165) is 0 Å². The Labute approximate surface area is 141 Å². The maximum absolute atomic E-state index is 13.5. The van der Waals surface area contributed by atoms with Crippen molar-refractivity contribution in [3.05, 3.63) is 59.1 Å². The minimum absolute atomic E-state index is 0.114. The Hall–Kier alpha value is -1.74. The average Bonchev–Trinajstić information content (AvgIpc) is 2.59. The van der Waals surface area contributed by atoms with Crippen molar-refractivity contribution in [3.8, 4) is 11.4 Å². The van der Waals surface area contributed by atoms with Crippen molar-refractivity contribution in [2.45, 2.75) is 38.5 Å². The third-order valence-corrected chi connectivity index (χ3v) is 4.86. The highest BCUT2D eigenvalue weighted by molar-refractivity contribution is 6.30. The molecule has 1 heterocycles. The first-order valence-corrected chi connectivity index (χ1v) is 8.45. The molecule has 0 spiro atoms. The molecule has 0 aliphatic heterocycles. The maximum Gasteiger partial charge on any atom is 0.159 e. The van der Waals surface area contributed by atoms with E-state index in [2.05, 4.69) is 29.0 Å². The zero-order valence-corrected chi connectivity index (χ0v) is 13.9. The molecule has 23 heavy (non-hydrogen) atoms. The molecular weight excluding hydrogens is 311 g/mol. The lowest BCUT2D eigenvalue weighted by atomic mass is 9.79. The average molecular weight is 331 g/mol. The molecule has 120 valence electrons. The third kappa shape index (κ3) is 3.78. The number of benzene rings is 1. The van der Waals surface area contributed by atoms with Crippen LogP contribution >= 0.6 is 11.6 Å². The van der Waals surface area contributed by atoms with E-state index in [0.29, 0.717) is 23.2 Å². The third-order valence-electron chi connectivity index (χ3n) is 4.56. The quantitative estimate of drug-likeness (QED) is 0.666. The molecule has 2 nitrogen and oxygen atoms in total. The predicted molar refractivity (Wildman–Crippen MR) is 91.9 cm³/mol. The van der Waals surface area contributed by atoms with Gasteiger partial charge < -0.3 is 0 Å². The summed E-state index contributed by atoms with van der Waals surface area (Å²) in [5.74, 6) is 1.34. The lowest BCUT2D eigenvalue weighted by molar-refractivity contribution is 0.375. The number of hydrogen-bond donors (Lipinski definition) is 0. The molecule has 0 unspecified atom stereocenters. The number of aromatic nitrogens is 2. The van der Waals surface area contributed by atoms with Crippen molar-refractivity contribution in [1.82, 2.24) is 9.97 Å². The molecular formula is C19H20ClFN2. The number of halogens is 2. The van der Waals surface area contributed by atoms with Crippen LogP contribution in [0.3, 0.4) is 0 Å². The van der Waals surface area contributed by atoms with E-state index in [1.807, 2.05) is 12.4 Å². The highest BCUT2D eigenvalue weighted by Gasteiger charge is 2.21. The Morgan fingerprint density at radius 2 is 1.83 bits per heavy atom. The highest BCUT2D eigenvalue weighted by Crippen LogP contribution is 2.36. The molecule has 1 saturated carbocycles. The van der Waals surface area contributed by atoms with Gasteiger partial charge in [0, 0.05) is 18.0 Å². The zero-order valence-electron chi connectivity index (χ0n) is 13.2. The summed E-state index contributed by atoms with van der Waals surface area (Å²) in [6, 6.07) is 4.65. The van der Waals surface area contributed by atoms with E-state index in [-0.39, 0.29) is 5.02 Å². The molecule has 0 bridgehead atoms. The molecule has 1 fully saturated rings. The van der Waals surface area contributed by atoms with Crippen molar-refractivity contribution in [3.63, 3.8) is 0 Å². The van der Waals surface area contributed by atoms with E-state index < -0.39 is 5.82 Å². The van der Waals surface area contributed by atoms with E-state index in [1.165, 1.54) is 43.4 Å². The Morgan fingerprint density at radius 3 is 2.43 bits per heavy atom. The molecule has 0 radical (unpaired) electrons. The van der Waals surface area contributed by atoms with Crippen molar-refractivity contribution in [2.24, 2.45) is 5.92 Å². The molecule has 4 heteroatoms. The van der Waals surface area contributed by atoms with Crippen LogP contribution in [0.25, 0.3) is 11.4 Å². The van der Waals surface area contributed by atoms with E-state index >= 15 is 0 Å². The molecule has 1 aromatic heterocycles. The Balaban J connectivity index is 1.71. The summed E-state index contributed by atoms with van der Waals surface area (Å²) in [5, 5.41) is 0.114. The van der Waals surface area contributed by atoms with Crippen LogP contribution in [-0.4, -0.2) is 9.97 Å². The monoisotopic (exact) mass is 330 g/mol. The lowest BCUT2D eigenvalue weighted by Gasteiger charge is -2.26. The second-order valence-corrected chi connectivity index (χ2v) is 6.51. The summed E-state index contributed by atoms with van der Waals surface area (Å²) in [7, 11) is 0. The topological polar surface area (TPSA) is 25.8 Å². The molecule has 2 aromatic rings. The largest absolute Gasteiger partial charge is 0.236 e. The summed E-state index contributed by atoms with van der Waals surface area (Å²) in [6.07, 6.45) is 13.0. The van der Waals surface area contributed by atoms with Gasteiger partial charge in [0.15, 0.2) is 5.82 Å². The fourth-order valence-corrected chi connectivity index (χ4v) is 3.37. The van der Waals surface area contributed by atoms with Crippen LogP contribution in [0.4, 0.5) is 4.39 Å². The van der Waals surface area contributed by atoms with E-state index in [1.54, 1.807) is 6.07 Å². The maximum atomic E-state index is 13.5. The number of allylic oxidation sites excluding steroid dienone is 2. The minimum atomic E-state index is -0.445. The number of rotatable bonds is 3. The van der Waals surface area contributed by atoms with Crippen molar-refractivity contribution in [2.75, 3.05) is 0 Å². The molecule has 1 aliphatic rings. The smallest absolute Gasteiger partial charge is 0.159 e. The van der Waals surface area contributed by atoms with Crippen LogP contribution in [0, 0.1) is 11.7 Å². The van der Waals surface area contributed by atoms with Gasteiger partial charge in [-0.2, -0.15) is 0 Å². The van der Waals surface area contributed by atoms with Crippen molar-refractivity contribution >= 4 is 11.6 Å². The summed E-state index contributed by atoms with van der Waals surface area (Å²) in [5.41, 5.74) is 1.83. The predicted octanol–water partition coefficient (Wildman–Crippen LogP) is 5.79. The van der Waals surface area contributed by atoms with Gasteiger partial charge >= 0.3 is 0 Å². The molecule has 3 rings (SSSR count). The van der Waals surface area contributed by atoms with E-state index in [4.69, 9.17) is 11.6 Å². The summed E-state index contributed by atoms with van der Waals surface area (Å²) >= 11 is 5.71. The van der Waals surface area contributed by atoms with Crippen molar-refractivity contribution < 1.29 is 4.39 Å². The van der Waals surface area contributed by atoms with Gasteiger partial charge in [-0.15, -0.1) is 0 Å². The molecule has 1 aliphatic carbocycles. The fraction of sp³-hybridized carbons (Fsp3) is 0.368. The van der Waals surface area contributed by atoms with Gasteiger partial charge in [0.05, 0.1) is 5.02 Å². The van der Waals surface area contributed by atoms with Crippen LogP contribution in [-0.2, 0) is 0 Å². The number of nitrogens with zero attached hydrogens (tertiary/aromatic N) is 2. The van der Waals surface area contributed by atoms with E-state index in [9.17, 15) is 4.39 Å². The van der Waals surface area contributed by atoms with Crippen LogP contribution in [0.1, 0.15) is 44.1 Å². The molecule has 0 saturated heterocycles. The molecule has 0 amide bonds. The Bertz CT molecular complexity index is 689. The first-order chi connectivity index (χ1) is 11.2. The summed E-state index contributed by atoms with van der Waals surface area (Å²) in [6.45, 7) is 2.08. The standard InChI is InChI=1S/C19H20ClFN2/c1-2-3-13-4-6-14(7-5-13)16-11-22-19(23-12-16)15-8-9-17(20)18(21)10-15/h2-3,8-14H,4-7H2,1H3/b3-2+. The lowest BCUT2D eigenvalue weighted by Crippen LogP contribution is -2.12. The zero-order chi connectivity index (χ0) is 16.2. The second kappa shape index (κ2) is 7.22. The van der Waals surface area contributed by atoms with Gasteiger partial charge in [-0.05, 0) is 68.2 Å². The fourth-order valence-electron chi connectivity index (χ4n) is 3.25. The van der Waals surface area contributed by atoms with Crippen molar-refractivity contribution in [1.29, 1.82) is 0 Å². The summed E-state index contributed by atoms with van der Waals surface area (Å²) in [4.78, 5) is 8.83. The van der Waals surface area contributed by atoms with Crippen LogP contribution < -0.4 is 0 Å². The van der Waals surface area contributed by atoms with Gasteiger partial charge in [-0.25, -0.2) is 14.4 Å². The normalized spacial score (nSPS) is 21.7. The SMILES string of the molecule is C/C=C/C1CCC(c2cnc(-c3ccc(Cl)c(F)c3)nc2)CC1. The Kier molecular flexibility index (Phi) is 5.06. The van der Waals surface area contributed by atoms with Gasteiger partial charge in [0.2, 0.25) is 0 Å². The van der Waals surface area contributed by atoms with Crippen LogP contribution in [0.15, 0.2) is 42.7 Å². The van der Waals surface area contributed by atoms with Gasteiger partial charge in [-0.3, -0.25) is 0 Å². The highest BCUT2D eigenvalue weighted by atomic mass is 35.5. The van der Waals surface area contributed by atoms with Gasteiger partial charge in [-0.1, -0.05) is 23.8 Å². The van der Waals surface area contributed by atoms with Gasteiger partial charge in [0.1, 0.15) is 5.82 Å². The van der Waals surface area contributed by atoms with Crippen LogP contribution in [0.5, 0.6) is 0 Å². The molecule has 0 atom stereocenters. The Morgan fingerprint density at radius 1 is 1.13 bits per heavy atom. The second-order valence-electron chi connectivity index (χ2n) is 6.11. The summed E-state index contributed by atoms with van der Waals surface area (Å²) < 4.78 is 13.5. The number of hydrogen-bond acceptors (Lipinski definition) is 2. The molecule has 1 aromatic carbocycles. The van der Waals surface area contributed by atoms with Gasteiger partial charge in [0.25, 0.3) is 0 Å².